The van der Waals surface area contributed by atoms with E-state index in [1.807, 2.05) is 4.57 Å². The van der Waals surface area contributed by atoms with E-state index in [2.05, 4.69) is 59.5 Å². The lowest BCUT2D eigenvalue weighted by Crippen LogP contribution is -2.13. The molecule has 0 unspecified atom stereocenters. The summed E-state index contributed by atoms with van der Waals surface area (Å²) in [7, 11) is 0. The molecule has 2 rings (SSSR count). The van der Waals surface area contributed by atoms with E-state index in [1.54, 1.807) is 6.33 Å². The molecule has 2 heterocycles. The van der Waals surface area contributed by atoms with Crippen molar-refractivity contribution in [2.24, 2.45) is 0 Å². The Morgan fingerprint density at radius 3 is 2.68 bits per heavy atom. The van der Waals surface area contributed by atoms with Crippen LogP contribution in [0.25, 0.3) is 0 Å². The second-order valence-corrected chi connectivity index (χ2v) is 6.53. The summed E-state index contributed by atoms with van der Waals surface area (Å²) in [6.45, 7) is 11.1. The van der Waals surface area contributed by atoms with Gasteiger partial charge < -0.3 is 9.88 Å². The van der Waals surface area contributed by atoms with Crippen molar-refractivity contribution in [2.75, 3.05) is 5.32 Å². The third-order valence-corrected chi connectivity index (χ3v) is 3.37. The molecule has 6 nitrogen and oxygen atoms in total. The highest BCUT2D eigenvalue weighted by atomic mass is 32.1. The first kappa shape index (κ1) is 13.9. The molecule has 1 N–H and O–H groups in total. The van der Waals surface area contributed by atoms with E-state index in [1.165, 1.54) is 11.5 Å². The lowest BCUT2D eigenvalue weighted by Gasteiger charge is -2.12. The Morgan fingerprint density at radius 2 is 2.11 bits per heavy atom. The summed E-state index contributed by atoms with van der Waals surface area (Å²) in [5.74, 6) is 1.77. The van der Waals surface area contributed by atoms with Crippen LogP contribution < -0.4 is 5.32 Å². The minimum Gasteiger partial charge on any atom is -0.353 e. The van der Waals surface area contributed by atoms with Crippen molar-refractivity contribution in [3.05, 3.63) is 18.0 Å². The second kappa shape index (κ2) is 5.24. The highest BCUT2D eigenvalue weighted by molar-refractivity contribution is 7.09. The number of nitrogens with zero attached hydrogens (tertiary/aromatic N) is 5. The maximum absolute atomic E-state index is 4.49. The maximum atomic E-state index is 4.49. The quantitative estimate of drug-likeness (QED) is 0.932. The van der Waals surface area contributed by atoms with Crippen LogP contribution in [0.1, 0.15) is 52.3 Å². The molecule has 7 heteroatoms. The first-order valence-corrected chi connectivity index (χ1v) is 7.11. The summed E-state index contributed by atoms with van der Waals surface area (Å²) in [6, 6.07) is 0.353. The molecule has 2 aromatic rings. The van der Waals surface area contributed by atoms with Crippen molar-refractivity contribution in [1.82, 2.24) is 24.1 Å². The van der Waals surface area contributed by atoms with E-state index in [0.717, 1.165) is 16.8 Å². The predicted octanol–water partition coefficient (Wildman–Crippen LogP) is 2.62. The van der Waals surface area contributed by atoms with E-state index < -0.39 is 0 Å². The topological polar surface area (TPSA) is 68.5 Å². The van der Waals surface area contributed by atoms with Crippen LogP contribution >= 0.6 is 11.5 Å². The van der Waals surface area contributed by atoms with E-state index >= 15 is 0 Å². The van der Waals surface area contributed by atoms with Gasteiger partial charge in [0.2, 0.25) is 5.13 Å². The number of aromatic nitrogens is 5. The van der Waals surface area contributed by atoms with Gasteiger partial charge in [0.05, 0.1) is 6.54 Å². The number of hydrogen-bond donors (Lipinski definition) is 1. The second-order valence-electron chi connectivity index (χ2n) is 5.77. The molecule has 104 valence electrons. The standard InChI is InChI=1S/C12H20N6S/c1-8(2)18-7-14-16-9(18)6-13-11-15-10(17-19-11)12(3,4)5/h7-8H,6H2,1-5H3,(H,13,15,17). The average Bonchev–Trinajstić information content (AvgIpc) is 2.94. The summed E-state index contributed by atoms with van der Waals surface area (Å²) in [6.07, 6.45) is 1.75. The Kier molecular flexibility index (Phi) is 3.84. The smallest absolute Gasteiger partial charge is 0.202 e. The van der Waals surface area contributed by atoms with Crippen molar-refractivity contribution in [2.45, 2.75) is 52.6 Å². The Morgan fingerprint density at radius 1 is 1.37 bits per heavy atom. The van der Waals surface area contributed by atoms with Crippen LogP contribution in [0.3, 0.4) is 0 Å². The van der Waals surface area contributed by atoms with Crippen LogP contribution in [-0.4, -0.2) is 24.1 Å². The largest absolute Gasteiger partial charge is 0.353 e. The number of anilines is 1. The van der Waals surface area contributed by atoms with Gasteiger partial charge in [0.25, 0.3) is 0 Å². The highest BCUT2D eigenvalue weighted by Crippen LogP contribution is 2.23. The molecular weight excluding hydrogens is 260 g/mol. The minimum atomic E-state index is -0.0195. The molecule has 0 saturated carbocycles. The van der Waals surface area contributed by atoms with Crippen LogP contribution in [0.2, 0.25) is 0 Å². The van der Waals surface area contributed by atoms with E-state index in [-0.39, 0.29) is 5.41 Å². The molecule has 19 heavy (non-hydrogen) atoms. The molecule has 2 aromatic heterocycles. The third-order valence-electron chi connectivity index (χ3n) is 2.70. The Hall–Kier alpha value is -1.50. The van der Waals surface area contributed by atoms with Crippen molar-refractivity contribution in [3.8, 4) is 0 Å². The molecule has 0 atom stereocenters. The van der Waals surface area contributed by atoms with Crippen LogP contribution in [-0.2, 0) is 12.0 Å². The van der Waals surface area contributed by atoms with Gasteiger partial charge in [0.15, 0.2) is 5.82 Å². The zero-order valence-corrected chi connectivity index (χ0v) is 12.8. The molecule has 0 amide bonds. The van der Waals surface area contributed by atoms with Gasteiger partial charge in [0.1, 0.15) is 12.2 Å². The fraction of sp³-hybridized carbons (Fsp3) is 0.667. The van der Waals surface area contributed by atoms with E-state index in [9.17, 15) is 0 Å². The SMILES string of the molecule is CC(C)n1cnnc1CNc1nc(C(C)(C)C)ns1. The summed E-state index contributed by atoms with van der Waals surface area (Å²) < 4.78 is 6.41. The van der Waals surface area contributed by atoms with Gasteiger partial charge in [-0.1, -0.05) is 20.8 Å². The predicted molar refractivity (Wildman–Crippen MR) is 76.3 cm³/mol. The van der Waals surface area contributed by atoms with Crippen LogP contribution in [0.15, 0.2) is 6.33 Å². The average molecular weight is 280 g/mol. The van der Waals surface area contributed by atoms with Crippen LogP contribution in [0.4, 0.5) is 5.13 Å². The van der Waals surface area contributed by atoms with Gasteiger partial charge >= 0.3 is 0 Å². The maximum Gasteiger partial charge on any atom is 0.202 e. The fourth-order valence-electron chi connectivity index (χ4n) is 1.58. The Labute approximate surface area is 117 Å². The molecule has 0 saturated heterocycles. The van der Waals surface area contributed by atoms with Gasteiger partial charge in [0, 0.05) is 23.0 Å². The molecule has 0 aliphatic carbocycles. The zero-order valence-electron chi connectivity index (χ0n) is 12.0. The van der Waals surface area contributed by atoms with E-state index in [4.69, 9.17) is 0 Å². The first-order chi connectivity index (χ1) is 8.88. The molecule has 0 aromatic carbocycles. The summed E-state index contributed by atoms with van der Waals surface area (Å²) in [4.78, 5) is 4.49. The molecule has 0 bridgehead atoms. The van der Waals surface area contributed by atoms with Gasteiger partial charge in [-0.2, -0.15) is 4.37 Å². The lowest BCUT2D eigenvalue weighted by molar-refractivity contribution is 0.554. The summed E-state index contributed by atoms with van der Waals surface area (Å²) in [5.41, 5.74) is -0.0195. The van der Waals surface area contributed by atoms with Crippen LogP contribution in [0.5, 0.6) is 0 Å². The summed E-state index contributed by atoms with van der Waals surface area (Å²) >= 11 is 1.38. The van der Waals surface area contributed by atoms with Crippen molar-refractivity contribution >= 4 is 16.7 Å². The minimum absolute atomic E-state index is 0.0195. The van der Waals surface area contributed by atoms with Gasteiger partial charge in [-0.3, -0.25) is 0 Å². The fourth-order valence-corrected chi connectivity index (χ4v) is 2.33. The summed E-state index contributed by atoms with van der Waals surface area (Å²) in [5, 5.41) is 12.1. The monoisotopic (exact) mass is 280 g/mol. The zero-order chi connectivity index (χ0) is 14.0. The normalized spacial score (nSPS) is 12.1. The van der Waals surface area contributed by atoms with Crippen molar-refractivity contribution in [1.29, 1.82) is 0 Å². The van der Waals surface area contributed by atoms with Gasteiger partial charge in [-0.15, -0.1) is 10.2 Å². The van der Waals surface area contributed by atoms with E-state index in [0.29, 0.717) is 12.6 Å². The Bertz CT molecular complexity index is 536. The number of rotatable bonds is 4. The highest BCUT2D eigenvalue weighted by Gasteiger charge is 2.19. The number of nitrogens with one attached hydrogen (secondary N) is 1. The van der Waals surface area contributed by atoms with Gasteiger partial charge in [-0.25, -0.2) is 4.98 Å². The van der Waals surface area contributed by atoms with Crippen LogP contribution in [0, 0.1) is 0 Å². The molecule has 0 radical (unpaired) electrons. The van der Waals surface area contributed by atoms with Crippen molar-refractivity contribution < 1.29 is 0 Å². The van der Waals surface area contributed by atoms with Gasteiger partial charge in [-0.05, 0) is 13.8 Å². The van der Waals surface area contributed by atoms with Crippen molar-refractivity contribution in [3.63, 3.8) is 0 Å². The Balaban J connectivity index is 2.03. The molecule has 0 aliphatic heterocycles. The molecule has 0 aliphatic rings. The molecule has 0 fully saturated rings. The third kappa shape index (κ3) is 3.28. The lowest BCUT2D eigenvalue weighted by atomic mass is 9.96. The first-order valence-electron chi connectivity index (χ1n) is 6.34. The number of hydrogen-bond acceptors (Lipinski definition) is 6. The molecule has 0 spiro atoms. The molecular formula is C12H20N6S.